The number of nitrogens with zero attached hydrogens (tertiary/aromatic N) is 1. The first-order chi connectivity index (χ1) is 10.1. The van der Waals surface area contributed by atoms with E-state index in [9.17, 15) is 9.59 Å². The van der Waals surface area contributed by atoms with Crippen molar-refractivity contribution >= 4 is 17.6 Å². The lowest BCUT2D eigenvalue weighted by Crippen LogP contribution is -2.41. The Labute approximate surface area is 124 Å². The van der Waals surface area contributed by atoms with E-state index in [1.54, 1.807) is 0 Å². The largest absolute Gasteiger partial charge is 0.469 e. The molecule has 0 saturated heterocycles. The Balaban J connectivity index is 2.37. The maximum Gasteiger partial charge on any atom is 0.310 e. The van der Waals surface area contributed by atoms with Gasteiger partial charge in [0.05, 0.1) is 26.1 Å². The van der Waals surface area contributed by atoms with E-state index in [1.165, 1.54) is 14.2 Å². The molecule has 1 aliphatic rings. The number of hydrogen-bond donors (Lipinski definition) is 0. The van der Waals surface area contributed by atoms with E-state index in [4.69, 9.17) is 9.47 Å². The molecule has 0 radical (unpaired) electrons. The minimum atomic E-state index is -0.506. The summed E-state index contributed by atoms with van der Waals surface area (Å²) in [5.41, 5.74) is 2.12. The number of rotatable bonds is 3. The summed E-state index contributed by atoms with van der Waals surface area (Å²) in [7, 11) is 2.69. The number of allylic oxidation sites excluding steroid dienone is 2. The Morgan fingerprint density at radius 3 is 2.05 bits per heavy atom. The minimum absolute atomic E-state index is 0.359. The first-order valence-corrected chi connectivity index (χ1v) is 6.89. The number of methoxy groups -OCH3 is 2. The topological polar surface area (TPSA) is 56.5 Å². The molecule has 1 aromatic rings. The molecule has 112 valence electrons. The molecular formula is C16H20NO4+. The van der Waals surface area contributed by atoms with Crippen molar-refractivity contribution in [1.29, 1.82) is 0 Å². The van der Waals surface area contributed by atoms with Crippen LogP contribution in [0.5, 0.6) is 0 Å². The highest BCUT2D eigenvalue weighted by Crippen LogP contribution is 2.35. The van der Waals surface area contributed by atoms with E-state index in [1.807, 2.05) is 42.1 Å². The van der Waals surface area contributed by atoms with Gasteiger partial charge in [0.2, 0.25) is 0 Å². The molecule has 0 amide bonds. The molecule has 2 rings (SSSR count). The van der Waals surface area contributed by atoms with E-state index in [-0.39, 0.29) is 11.9 Å². The van der Waals surface area contributed by atoms with E-state index in [0.717, 1.165) is 11.3 Å². The average molecular weight is 290 g/mol. The zero-order chi connectivity index (χ0) is 15.4. The van der Waals surface area contributed by atoms with E-state index >= 15 is 0 Å². The molecule has 21 heavy (non-hydrogen) atoms. The van der Waals surface area contributed by atoms with Crippen LogP contribution >= 0.6 is 0 Å². The van der Waals surface area contributed by atoms with Crippen molar-refractivity contribution in [3.05, 3.63) is 36.2 Å². The Morgan fingerprint density at radius 1 is 1.00 bits per heavy atom. The van der Waals surface area contributed by atoms with Crippen LogP contribution in [0, 0.1) is 11.8 Å². The first kappa shape index (κ1) is 15.2. The molecule has 0 saturated carbocycles. The second kappa shape index (κ2) is 6.52. The summed E-state index contributed by atoms with van der Waals surface area (Å²) in [6, 6.07) is 5.80. The fourth-order valence-electron chi connectivity index (χ4n) is 2.82. The van der Waals surface area contributed by atoms with Gasteiger partial charge in [-0.1, -0.05) is 6.07 Å². The molecule has 0 aromatic carbocycles. The third kappa shape index (κ3) is 3.12. The quantitative estimate of drug-likeness (QED) is 0.626. The standard InChI is InChI=1S/C16H20NO4/c1-11-9-12(15(18)20-2)13(16(19)21-3)10-14(11)17-7-5-4-6-8-17/h4-8,12-13H,9-10H2,1-3H3/q+1/t12-,13+/m0/s1. The van der Waals surface area contributed by atoms with Gasteiger partial charge in [0.25, 0.3) is 0 Å². The number of pyridine rings is 1. The van der Waals surface area contributed by atoms with Crippen molar-refractivity contribution in [2.75, 3.05) is 14.2 Å². The lowest BCUT2D eigenvalue weighted by Gasteiger charge is -2.27. The molecule has 0 spiro atoms. The van der Waals surface area contributed by atoms with E-state index in [0.29, 0.717) is 12.8 Å². The van der Waals surface area contributed by atoms with Crippen LogP contribution in [0.4, 0.5) is 0 Å². The Hall–Kier alpha value is -2.17. The Bertz CT molecular complexity index is 565. The van der Waals surface area contributed by atoms with Gasteiger partial charge in [-0.3, -0.25) is 9.59 Å². The molecule has 5 nitrogen and oxygen atoms in total. The molecule has 1 heterocycles. The molecule has 5 heteroatoms. The van der Waals surface area contributed by atoms with Crippen molar-refractivity contribution < 1.29 is 23.6 Å². The second-order valence-electron chi connectivity index (χ2n) is 5.18. The summed E-state index contributed by atoms with van der Waals surface area (Å²) in [4.78, 5) is 23.9. The van der Waals surface area contributed by atoms with Crippen molar-refractivity contribution in [3.63, 3.8) is 0 Å². The van der Waals surface area contributed by atoms with E-state index in [2.05, 4.69) is 0 Å². The number of esters is 2. The Kier molecular flexibility index (Phi) is 4.73. The number of carbonyl (C=O) groups excluding carboxylic acids is 2. The highest BCUT2D eigenvalue weighted by molar-refractivity contribution is 5.84. The van der Waals surface area contributed by atoms with Crippen LogP contribution in [-0.4, -0.2) is 26.2 Å². The van der Waals surface area contributed by atoms with Crippen molar-refractivity contribution in [1.82, 2.24) is 0 Å². The van der Waals surface area contributed by atoms with Gasteiger partial charge in [-0.05, 0) is 18.9 Å². The number of hydrogen-bond acceptors (Lipinski definition) is 4. The van der Waals surface area contributed by atoms with Crippen LogP contribution in [0.1, 0.15) is 19.8 Å². The van der Waals surface area contributed by atoms with Gasteiger partial charge in [-0.2, -0.15) is 4.57 Å². The smallest absolute Gasteiger partial charge is 0.310 e. The summed E-state index contributed by atoms with van der Waals surface area (Å²) in [5.74, 6) is -1.71. The first-order valence-electron chi connectivity index (χ1n) is 6.89. The molecule has 0 fully saturated rings. The summed E-state index contributed by atoms with van der Waals surface area (Å²) in [6.45, 7) is 1.98. The lowest BCUT2D eigenvalue weighted by atomic mass is 9.78. The molecule has 2 atom stereocenters. The molecule has 1 aliphatic carbocycles. The zero-order valence-electron chi connectivity index (χ0n) is 12.5. The van der Waals surface area contributed by atoms with Crippen LogP contribution in [0.3, 0.4) is 0 Å². The van der Waals surface area contributed by atoms with Gasteiger partial charge in [-0.25, -0.2) is 0 Å². The summed E-state index contributed by atoms with van der Waals surface area (Å²) in [6.07, 6.45) is 4.84. The van der Waals surface area contributed by atoms with Gasteiger partial charge in [0, 0.05) is 18.6 Å². The summed E-state index contributed by atoms with van der Waals surface area (Å²) in [5, 5.41) is 0. The molecule has 0 bridgehead atoms. The fraction of sp³-hybridized carbons (Fsp3) is 0.438. The Morgan fingerprint density at radius 2 is 1.52 bits per heavy atom. The third-order valence-electron chi connectivity index (χ3n) is 3.95. The van der Waals surface area contributed by atoms with Gasteiger partial charge in [-0.15, -0.1) is 0 Å². The predicted molar refractivity (Wildman–Crippen MR) is 75.8 cm³/mol. The molecule has 0 unspecified atom stereocenters. The van der Waals surface area contributed by atoms with Gasteiger partial charge < -0.3 is 9.47 Å². The van der Waals surface area contributed by atoms with Gasteiger partial charge in [0.1, 0.15) is 0 Å². The maximum atomic E-state index is 12.0. The van der Waals surface area contributed by atoms with Crippen LogP contribution in [-0.2, 0) is 19.1 Å². The van der Waals surface area contributed by atoms with E-state index < -0.39 is 11.8 Å². The van der Waals surface area contributed by atoms with Gasteiger partial charge >= 0.3 is 11.9 Å². The minimum Gasteiger partial charge on any atom is -0.469 e. The highest BCUT2D eigenvalue weighted by atomic mass is 16.5. The fourth-order valence-corrected chi connectivity index (χ4v) is 2.82. The summed E-state index contributed by atoms with van der Waals surface area (Å²) >= 11 is 0. The highest BCUT2D eigenvalue weighted by Gasteiger charge is 2.42. The molecule has 0 aliphatic heterocycles. The van der Waals surface area contributed by atoms with Crippen LogP contribution < -0.4 is 4.57 Å². The number of ether oxygens (including phenoxy) is 2. The average Bonchev–Trinajstić information content (AvgIpc) is 2.53. The normalized spacial score (nSPS) is 21.9. The summed E-state index contributed by atoms with van der Waals surface area (Å²) < 4.78 is 11.7. The van der Waals surface area contributed by atoms with Crippen LogP contribution in [0.25, 0.3) is 5.70 Å². The molecule has 0 N–H and O–H groups in total. The SMILES string of the molecule is COC(=O)[C@H]1CC(C)=C([n+]2ccccc2)C[C@H]1C(=O)OC. The van der Waals surface area contributed by atoms with Crippen molar-refractivity contribution in [3.8, 4) is 0 Å². The maximum absolute atomic E-state index is 12.0. The van der Waals surface area contributed by atoms with Crippen molar-refractivity contribution in [2.24, 2.45) is 11.8 Å². The third-order valence-corrected chi connectivity index (χ3v) is 3.95. The molecule has 1 aromatic heterocycles. The van der Waals surface area contributed by atoms with Crippen LogP contribution in [0.2, 0.25) is 0 Å². The van der Waals surface area contributed by atoms with Gasteiger partial charge in [0.15, 0.2) is 18.1 Å². The van der Waals surface area contributed by atoms with Crippen molar-refractivity contribution in [2.45, 2.75) is 19.8 Å². The van der Waals surface area contributed by atoms with Crippen LogP contribution in [0.15, 0.2) is 36.2 Å². The monoisotopic (exact) mass is 290 g/mol. The second-order valence-corrected chi connectivity index (χ2v) is 5.18. The molecular weight excluding hydrogens is 270 g/mol. The number of aromatic nitrogens is 1. The number of carbonyl (C=O) groups is 2. The lowest BCUT2D eigenvalue weighted by molar-refractivity contribution is -0.585. The zero-order valence-corrected chi connectivity index (χ0v) is 12.5. The predicted octanol–water partition coefficient (Wildman–Crippen LogP) is 1.58.